The van der Waals surface area contributed by atoms with Crippen LogP contribution in [0, 0.1) is 0 Å². The number of aliphatic carboxylic acids is 1. The number of rotatable bonds is 4. The van der Waals surface area contributed by atoms with Crippen molar-refractivity contribution in [3.63, 3.8) is 0 Å². The molecule has 0 aromatic heterocycles. The molecular formula is C11H21N3O3. The topological polar surface area (TPSA) is 86.9 Å². The van der Waals surface area contributed by atoms with Gasteiger partial charge < -0.3 is 15.7 Å². The maximum Gasteiger partial charge on any atom is 0.320 e. The highest BCUT2D eigenvalue weighted by Gasteiger charge is 2.28. The number of carboxylic acid groups (broad SMARTS) is 1. The molecule has 0 aliphatic carbocycles. The minimum atomic E-state index is -0.824. The second-order valence-electron chi connectivity index (χ2n) is 4.39. The second kappa shape index (κ2) is 5.97. The third-order valence-corrected chi connectivity index (χ3v) is 3.29. The molecule has 0 saturated carbocycles. The van der Waals surface area contributed by atoms with Crippen molar-refractivity contribution in [3.05, 3.63) is 0 Å². The molecule has 0 aromatic rings. The number of amides is 1. The fourth-order valence-electron chi connectivity index (χ4n) is 1.89. The zero-order chi connectivity index (χ0) is 13.0. The van der Waals surface area contributed by atoms with Crippen molar-refractivity contribution in [1.29, 1.82) is 0 Å². The van der Waals surface area contributed by atoms with E-state index in [-0.39, 0.29) is 5.91 Å². The molecule has 1 aliphatic rings. The number of nitrogens with zero attached hydrogens (tertiary/aromatic N) is 2. The normalized spacial score (nSPS) is 21.0. The van der Waals surface area contributed by atoms with Crippen molar-refractivity contribution in [2.45, 2.75) is 32.4 Å². The van der Waals surface area contributed by atoms with Crippen molar-refractivity contribution in [2.75, 3.05) is 26.2 Å². The number of hydrogen-bond donors (Lipinski definition) is 2. The molecular weight excluding hydrogens is 222 g/mol. The van der Waals surface area contributed by atoms with E-state index in [1.54, 1.807) is 11.8 Å². The quantitative estimate of drug-likeness (QED) is 0.684. The summed E-state index contributed by atoms with van der Waals surface area (Å²) in [5, 5.41) is 8.89. The third kappa shape index (κ3) is 3.41. The van der Waals surface area contributed by atoms with Crippen molar-refractivity contribution < 1.29 is 14.7 Å². The van der Waals surface area contributed by atoms with Crippen LogP contribution in [0.4, 0.5) is 0 Å². The highest BCUT2D eigenvalue weighted by atomic mass is 16.4. The Kier molecular flexibility index (Phi) is 4.89. The van der Waals surface area contributed by atoms with E-state index in [0.717, 1.165) is 0 Å². The van der Waals surface area contributed by atoms with Gasteiger partial charge in [0.2, 0.25) is 5.91 Å². The first kappa shape index (κ1) is 13.9. The summed E-state index contributed by atoms with van der Waals surface area (Å²) in [4.78, 5) is 26.2. The third-order valence-electron chi connectivity index (χ3n) is 3.29. The molecule has 98 valence electrons. The Balaban J connectivity index is 2.45. The van der Waals surface area contributed by atoms with Gasteiger partial charge in [0.1, 0.15) is 6.04 Å². The van der Waals surface area contributed by atoms with Crippen LogP contribution in [0.3, 0.4) is 0 Å². The van der Waals surface area contributed by atoms with E-state index in [4.69, 9.17) is 10.8 Å². The second-order valence-corrected chi connectivity index (χ2v) is 4.39. The lowest BCUT2D eigenvalue weighted by Gasteiger charge is -2.37. The Morgan fingerprint density at radius 2 is 1.82 bits per heavy atom. The average molecular weight is 243 g/mol. The van der Waals surface area contributed by atoms with Gasteiger partial charge in [-0.25, -0.2) is 0 Å². The molecule has 2 atom stereocenters. The molecule has 6 nitrogen and oxygen atoms in total. The first-order valence-electron chi connectivity index (χ1n) is 5.98. The van der Waals surface area contributed by atoms with Crippen LogP contribution in [0.2, 0.25) is 0 Å². The molecule has 17 heavy (non-hydrogen) atoms. The molecule has 0 radical (unpaired) electrons. The summed E-state index contributed by atoms with van der Waals surface area (Å²) >= 11 is 0. The average Bonchev–Trinajstić information content (AvgIpc) is 2.36. The smallest absolute Gasteiger partial charge is 0.320 e. The molecule has 1 saturated heterocycles. The van der Waals surface area contributed by atoms with Crippen LogP contribution < -0.4 is 5.73 Å². The summed E-state index contributed by atoms with van der Waals surface area (Å²) in [5.74, 6) is -0.856. The number of carbonyl (C=O) groups is 2. The van der Waals surface area contributed by atoms with E-state index in [1.165, 1.54) is 0 Å². The van der Waals surface area contributed by atoms with Gasteiger partial charge in [-0.15, -0.1) is 0 Å². The van der Waals surface area contributed by atoms with Gasteiger partial charge in [-0.2, -0.15) is 0 Å². The SMILES string of the molecule is CC[C@@H](N)C(=O)N1CCN(C(C)C(=O)O)CC1. The van der Waals surface area contributed by atoms with Gasteiger partial charge in [0.05, 0.1) is 6.04 Å². The van der Waals surface area contributed by atoms with E-state index in [9.17, 15) is 9.59 Å². The molecule has 1 amide bonds. The van der Waals surface area contributed by atoms with Crippen LogP contribution in [-0.2, 0) is 9.59 Å². The molecule has 6 heteroatoms. The van der Waals surface area contributed by atoms with Crippen LogP contribution in [0.1, 0.15) is 20.3 Å². The minimum Gasteiger partial charge on any atom is -0.480 e. The fourth-order valence-corrected chi connectivity index (χ4v) is 1.89. The first-order chi connectivity index (χ1) is 7.97. The predicted octanol–water partition coefficient (Wildman–Crippen LogP) is -0.659. The maximum absolute atomic E-state index is 11.8. The summed E-state index contributed by atoms with van der Waals surface area (Å²) in [5.41, 5.74) is 5.69. The van der Waals surface area contributed by atoms with E-state index in [2.05, 4.69) is 0 Å². The highest BCUT2D eigenvalue weighted by Crippen LogP contribution is 2.08. The molecule has 1 aliphatic heterocycles. The number of carbonyl (C=O) groups excluding carboxylic acids is 1. The molecule has 0 aromatic carbocycles. The largest absolute Gasteiger partial charge is 0.480 e. The Morgan fingerprint density at radius 3 is 2.24 bits per heavy atom. The molecule has 1 rings (SSSR count). The van der Waals surface area contributed by atoms with E-state index >= 15 is 0 Å². The zero-order valence-electron chi connectivity index (χ0n) is 10.4. The molecule has 3 N–H and O–H groups in total. The van der Waals surface area contributed by atoms with Gasteiger partial charge in [-0.05, 0) is 13.3 Å². The van der Waals surface area contributed by atoms with Crippen LogP contribution in [0.5, 0.6) is 0 Å². The lowest BCUT2D eigenvalue weighted by Crippen LogP contribution is -2.55. The number of piperazine rings is 1. The Hall–Kier alpha value is -1.14. The van der Waals surface area contributed by atoms with E-state index < -0.39 is 18.1 Å². The molecule has 1 unspecified atom stereocenters. The molecule has 1 fully saturated rings. The van der Waals surface area contributed by atoms with Crippen LogP contribution in [0.15, 0.2) is 0 Å². The molecule has 0 bridgehead atoms. The van der Waals surface area contributed by atoms with Gasteiger partial charge in [0, 0.05) is 26.2 Å². The van der Waals surface area contributed by atoms with Crippen LogP contribution in [0.25, 0.3) is 0 Å². The number of carboxylic acids is 1. The summed E-state index contributed by atoms with van der Waals surface area (Å²) < 4.78 is 0. The Morgan fingerprint density at radius 1 is 1.29 bits per heavy atom. The summed E-state index contributed by atoms with van der Waals surface area (Å²) in [6, 6.07) is -0.925. The van der Waals surface area contributed by atoms with Crippen molar-refractivity contribution in [2.24, 2.45) is 5.73 Å². The van der Waals surface area contributed by atoms with Crippen molar-refractivity contribution >= 4 is 11.9 Å². The predicted molar refractivity (Wildman–Crippen MR) is 63.5 cm³/mol. The first-order valence-corrected chi connectivity index (χ1v) is 5.98. The summed E-state index contributed by atoms with van der Waals surface area (Å²) in [6.45, 7) is 5.85. The lowest BCUT2D eigenvalue weighted by molar-refractivity contribution is -0.144. The van der Waals surface area contributed by atoms with E-state index in [1.807, 2.05) is 11.8 Å². The maximum atomic E-state index is 11.8. The number of nitrogens with two attached hydrogens (primary N) is 1. The summed E-state index contributed by atoms with van der Waals surface area (Å²) in [6.07, 6.45) is 0.630. The van der Waals surface area contributed by atoms with Crippen LogP contribution >= 0.6 is 0 Å². The minimum absolute atomic E-state index is 0.0323. The fraction of sp³-hybridized carbons (Fsp3) is 0.818. The van der Waals surface area contributed by atoms with Gasteiger partial charge in [0.25, 0.3) is 0 Å². The van der Waals surface area contributed by atoms with Crippen molar-refractivity contribution in [3.8, 4) is 0 Å². The van der Waals surface area contributed by atoms with Gasteiger partial charge in [0.15, 0.2) is 0 Å². The highest BCUT2D eigenvalue weighted by molar-refractivity contribution is 5.81. The Labute approximate surface area is 101 Å². The number of hydrogen-bond acceptors (Lipinski definition) is 4. The van der Waals surface area contributed by atoms with Gasteiger partial charge in [-0.3, -0.25) is 14.5 Å². The summed E-state index contributed by atoms with van der Waals surface area (Å²) in [7, 11) is 0. The van der Waals surface area contributed by atoms with Gasteiger partial charge in [-0.1, -0.05) is 6.92 Å². The molecule has 0 spiro atoms. The zero-order valence-corrected chi connectivity index (χ0v) is 10.4. The van der Waals surface area contributed by atoms with E-state index in [0.29, 0.717) is 32.6 Å². The van der Waals surface area contributed by atoms with Crippen LogP contribution in [-0.4, -0.2) is 65.0 Å². The monoisotopic (exact) mass is 243 g/mol. The standard InChI is InChI=1S/C11H21N3O3/c1-3-9(12)10(15)14-6-4-13(5-7-14)8(2)11(16)17/h8-9H,3-7,12H2,1-2H3,(H,16,17)/t8?,9-/m1/s1. The Bertz CT molecular complexity index is 288. The van der Waals surface area contributed by atoms with Crippen molar-refractivity contribution in [1.82, 2.24) is 9.80 Å². The van der Waals surface area contributed by atoms with Gasteiger partial charge >= 0.3 is 5.97 Å². The molecule has 1 heterocycles. The lowest BCUT2D eigenvalue weighted by atomic mass is 10.1.